The lowest BCUT2D eigenvalue weighted by molar-refractivity contribution is -0.112. The van der Waals surface area contributed by atoms with Gasteiger partial charge in [0, 0.05) is 11.3 Å². The van der Waals surface area contributed by atoms with Gasteiger partial charge in [-0.15, -0.1) is 0 Å². The molecule has 0 aliphatic carbocycles. The second-order valence-electron chi connectivity index (χ2n) is 6.96. The summed E-state index contributed by atoms with van der Waals surface area (Å²) in [7, 11) is 1.51. The van der Waals surface area contributed by atoms with Gasteiger partial charge in [0.05, 0.1) is 18.7 Å². The van der Waals surface area contributed by atoms with E-state index in [1.165, 1.54) is 13.2 Å². The van der Waals surface area contributed by atoms with Gasteiger partial charge in [-0.05, 0) is 48.9 Å². The molecule has 0 heterocycles. The van der Waals surface area contributed by atoms with Crippen LogP contribution in [0.2, 0.25) is 0 Å². The summed E-state index contributed by atoms with van der Waals surface area (Å²) in [5.74, 6) is 0.438. The third kappa shape index (κ3) is 5.53. The van der Waals surface area contributed by atoms with Gasteiger partial charge in [-0.2, -0.15) is 10.5 Å². The van der Waals surface area contributed by atoms with E-state index >= 15 is 0 Å². The van der Waals surface area contributed by atoms with Gasteiger partial charge < -0.3 is 14.8 Å². The summed E-state index contributed by atoms with van der Waals surface area (Å²) in [5.41, 5.74) is 3.57. The zero-order valence-electron chi connectivity index (χ0n) is 17.8. The highest BCUT2D eigenvalue weighted by molar-refractivity contribution is 6.09. The second kappa shape index (κ2) is 10.5. The van der Waals surface area contributed by atoms with Crippen LogP contribution in [0.3, 0.4) is 0 Å². The number of amides is 1. The molecule has 3 rings (SSSR count). The van der Waals surface area contributed by atoms with E-state index in [-0.39, 0.29) is 12.2 Å². The van der Waals surface area contributed by atoms with Crippen LogP contribution in [0.4, 0.5) is 5.69 Å². The molecule has 0 aliphatic heterocycles. The van der Waals surface area contributed by atoms with Crippen LogP contribution in [0.1, 0.15) is 22.3 Å². The van der Waals surface area contributed by atoms with Gasteiger partial charge in [-0.1, -0.05) is 42.0 Å². The lowest BCUT2D eigenvalue weighted by atomic mass is 10.1. The second-order valence-corrected chi connectivity index (χ2v) is 6.96. The normalized spacial score (nSPS) is 10.6. The number of nitriles is 2. The molecule has 0 saturated heterocycles. The molecule has 158 valence electrons. The summed E-state index contributed by atoms with van der Waals surface area (Å²) in [6, 6.07) is 23.7. The minimum Gasteiger partial charge on any atom is -0.493 e. The molecule has 0 spiro atoms. The predicted molar refractivity (Wildman–Crippen MR) is 122 cm³/mol. The smallest absolute Gasteiger partial charge is 0.266 e. The monoisotopic (exact) mass is 423 g/mol. The van der Waals surface area contributed by atoms with Crippen LogP contribution in [0, 0.1) is 29.6 Å². The minimum atomic E-state index is -0.497. The Kier molecular flexibility index (Phi) is 7.24. The maximum absolute atomic E-state index is 12.5. The van der Waals surface area contributed by atoms with Crippen molar-refractivity contribution in [2.24, 2.45) is 0 Å². The first-order valence-electron chi connectivity index (χ1n) is 9.82. The van der Waals surface area contributed by atoms with Gasteiger partial charge in [0.25, 0.3) is 5.91 Å². The molecule has 0 aromatic heterocycles. The molecule has 1 amide bonds. The Hall–Kier alpha value is -4.55. The van der Waals surface area contributed by atoms with Crippen molar-refractivity contribution < 1.29 is 14.3 Å². The molecule has 1 N–H and O–H groups in total. The number of rotatable bonds is 7. The van der Waals surface area contributed by atoms with Crippen molar-refractivity contribution in [3.63, 3.8) is 0 Å². The number of ether oxygens (including phenoxy) is 2. The molecule has 6 heteroatoms. The van der Waals surface area contributed by atoms with Gasteiger partial charge in [-0.3, -0.25) is 4.79 Å². The van der Waals surface area contributed by atoms with Gasteiger partial charge >= 0.3 is 0 Å². The fourth-order valence-electron chi connectivity index (χ4n) is 2.95. The number of benzene rings is 3. The Labute approximate surface area is 186 Å². The molecule has 6 nitrogen and oxygen atoms in total. The molecule has 3 aromatic carbocycles. The van der Waals surface area contributed by atoms with Gasteiger partial charge in [0.2, 0.25) is 0 Å². The number of nitrogens with zero attached hydrogens (tertiary/aromatic N) is 2. The summed E-state index contributed by atoms with van der Waals surface area (Å²) in [6.45, 7) is 2.16. The van der Waals surface area contributed by atoms with E-state index in [0.717, 1.165) is 11.1 Å². The number of nitrogens with one attached hydrogen (secondary N) is 1. The van der Waals surface area contributed by atoms with Crippen molar-refractivity contribution >= 4 is 17.7 Å². The largest absolute Gasteiger partial charge is 0.493 e. The summed E-state index contributed by atoms with van der Waals surface area (Å²) >= 11 is 0. The summed E-state index contributed by atoms with van der Waals surface area (Å²) in [4.78, 5) is 12.5. The summed E-state index contributed by atoms with van der Waals surface area (Å²) < 4.78 is 11.2. The Balaban J connectivity index is 1.76. The zero-order valence-corrected chi connectivity index (χ0v) is 17.8. The van der Waals surface area contributed by atoms with Gasteiger partial charge in [0.1, 0.15) is 18.2 Å². The maximum atomic E-state index is 12.5. The SMILES string of the molecule is COc1cc(/C=C(\C#N)C(=O)Nc2ccc(C)cc2)ccc1OCc1ccccc1C#N. The number of anilines is 1. The van der Waals surface area contributed by atoms with Gasteiger partial charge in [0.15, 0.2) is 11.5 Å². The number of hydrogen-bond donors (Lipinski definition) is 1. The highest BCUT2D eigenvalue weighted by Gasteiger charge is 2.12. The van der Waals surface area contributed by atoms with Crippen LogP contribution < -0.4 is 14.8 Å². The summed E-state index contributed by atoms with van der Waals surface area (Å²) in [6.07, 6.45) is 1.49. The number of hydrogen-bond acceptors (Lipinski definition) is 5. The standard InChI is InChI=1S/C26H21N3O3/c1-18-7-10-23(11-8-18)29-26(30)22(16-28)13-19-9-12-24(25(14-19)31-2)32-17-21-6-4-3-5-20(21)15-27/h3-14H,17H2,1-2H3,(H,29,30)/b22-13+. The van der Waals surface area contributed by atoms with Crippen molar-refractivity contribution in [2.75, 3.05) is 12.4 Å². The molecule has 0 unspecified atom stereocenters. The molecule has 0 radical (unpaired) electrons. The first-order valence-corrected chi connectivity index (χ1v) is 9.82. The number of methoxy groups -OCH3 is 1. The van der Waals surface area contributed by atoms with E-state index in [0.29, 0.717) is 28.3 Å². The highest BCUT2D eigenvalue weighted by atomic mass is 16.5. The van der Waals surface area contributed by atoms with Gasteiger partial charge in [-0.25, -0.2) is 0 Å². The molecule has 0 aliphatic rings. The molecule has 3 aromatic rings. The van der Waals surface area contributed by atoms with E-state index in [4.69, 9.17) is 9.47 Å². The zero-order chi connectivity index (χ0) is 22.9. The lowest BCUT2D eigenvalue weighted by Gasteiger charge is -2.12. The molecule has 0 bridgehead atoms. The van der Waals surface area contributed by atoms with Crippen molar-refractivity contribution in [2.45, 2.75) is 13.5 Å². The van der Waals surface area contributed by atoms with Crippen molar-refractivity contribution in [1.29, 1.82) is 10.5 Å². The fraction of sp³-hybridized carbons (Fsp3) is 0.115. The average molecular weight is 423 g/mol. The van der Waals surface area contributed by atoms with Crippen molar-refractivity contribution in [1.82, 2.24) is 0 Å². The minimum absolute atomic E-state index is 0.0377. The third-order valence-corrected chi connectivity index (χ3v) is 4.69. The van der Waals surface area contributed by atoms with Crippen LogP contribution >= 0.6 is 0 Å². The van der Waals surface area contributed by atoms with Crippen LogP contribution in [0.15, 0.2) is 72.3 Å². The molecule has 32 heavy (non-hydrogen) atoms. The van der Waals surface area contributed by atoms with Crippen LogP contribution in [-0.4, -0.2) is 13.0 Å². The molecule has 0 fully saturated rings. The van der Waals surface area contributed by atoms with Crippen LogP contribution in [0.5, 0.6) is 11.5 Å². The number of aryl methyl sites for hydroxylation is 1. The number of carbonyl (C=O) groups excluding carboxylic acids is 1. The van der Waals surface area contributed by atoms with Crippen molar-refractivity contribution in [3.8, 4) is 23.6 Å². The average Bonchev–Trinajstić information content (AvgIpc) is 2.82. The van der Waals surface area contributed by atoms with E-state index in [9.17, 15) is 15.3 Å². The third-order valence-electron chi connectivity index (χ3n) is 4.69. The Morgan fingerprint density at radius 3 is 2.47 bits per heavy atom. The van der Waals surface area contributed by atoms with E-state index in [1.54, 1.807) is 42.5 Å². The Morgan fingerprint density at radius 1 is 1.03 bits per heavy atom. The van der Waals surface area contributed by atoms with Crippen molar-refractivity contribution in [3.05, 3.63) is 94.6 Å². The quantitative estimate of drug-likeness (QED) is 0.426. The summed E-state index contributed by atoms with van der Waals surface area (Å²) in [5, 5.41) is 21.4. The predicted octanol–water partition coefficient (Wildman–Crippen LogP) is 5.00. The molecule has 0 atom stereocenters. The Morgan fingerprint density at radius 2 is 1.78 bits per heavy atom. The van der Waals surface area contributed by atoms with E-state index < -0.39 is 5.91 Å². The first kappa shape index (κ1) is 22.1. The van der Waals surface area contributed by atoms with Crippen LogP contribution in [0.25, 0.3) is 6.08 Å². The Bertz CT molecular complexity index is 1230. The molecular formula is C26H21N3O3. The number of carbonyl (C=O) groups is 1. The van der Waals surface area contributed by atoms with E-state index in [1.807, 2.05) is 37.3 Å². The lowest BCUT2D eigenvalue weighted by Crippen LogP contribution is -2.13. The fourth-order valence-corrected chi connectivity index (χ4v) is 2.95. The van der Waals surface area contributed by atoms with E-state index in [2.05, 4.69) is 11.4 Å². The van der Waals surface area contributed by atoms with Crippen LogP contribution in [-0.2, 0) is 11.4 Å². The molecular weight excluding hydrogens is 402 g/mol. The first-order chi connectivity index (χ1) is 15.5. The topological polar surface area (TPSA) is 95.1 Å². The highest BCUT2D eigenvalue weighted by Crippen LogP contribution is 2.30. The molecule has 0 saturated carbocycles. The maximum Gasteiger partial charge on any atom is 0.266 e.